The van der Waals surface area contributed by atoms with Crippen LogP contribution in [0.1, 0.15) is 22.5 Å². The largest absolute Gasteiger partial charge is 0.282 e. The van der Waals surface area contributed by atoms with Gasteiger partial charge in [-0.05, 0) is 38.1 Å². The van der Waals surface area contributed by atoms with Gasteiger partial charge in [0.05, 0.1) is 10.6 Å². The molecule has 1 aromatic heterocycles. The van der Waals surface area contributed by atoms with Gasteiger partial charge in [0.1, 0.15) is 5.71 Å². The molecule has 0 aliphatic rings. The Morgan fingerprint density at radius 1 is 0.840 bits per heavy atom. The summed E-state index contributed by atoms with van der Waals surface area (Å²) in [5.74, 6) is 0. The lowest BCUT2D eigenvalue weighted by Crippen LogP contribution is -2.10. The smallest absolute Gasteiger partial charge is 0.251 e. The van der Waals surface area contributed by atoms with Crippen LogP contribution in [-0.4, -0.2) is 19.1 Å². The van der Waals surface area contributed by atoms with Crippen LogP contribution in [0, 0.1) is 13.8 Å². The molecule has 126 valence electrons. The summed E-state index contributed by atoms with van der Waals surface area (Å²) in [7, 11) is -3.84. The molecule has 0 saturated carbocycles. The topological polar surface area (TPSA) is 59.4 Å². The third-order valence-electron chi connectivity index (χ3n) is 3.71. The molecule has 2 aromatic carbocycles. The third kappa shape index (κ3) is 4.00. The Bertz CT molecular complexity index is 1010. The highest BCUT2D eigenvalue weighted by Crippen LogP contribution is 2.17. The fraction of sp³-hybridized carbons (Fsp3) is 0.100. The van der Waals surface area contributed by atoms with Gasteiger partial charge in [-0.15, -0.1) is 0 Å². The number of nitrogens with zero attached hydrogens (tertiary/aromatic N) is 2. The molecule has 0 amide bonds. The molecule has 0 bridgehead atoms. The van der Waals surface area contributed by atoms with Crippen LogP contribution in [0.5, 0.6) is 0 Å². The fourth-order valence-electron chi connectivity index (χ4n) is 2.40. The van der Waals surface area contributed by atoms with E-state index in [1.807, 2.05) is 56.3 Å². The van der Waals surface area contributed by atoms with Crippen LogP contribution < -0.4 is 0 Å². The van der Waals surface area contributed by atoms with Crippen molar-refractivity contribution in [3.8, 4) is 0 Å². The number of rotatable bonds is 4. The highest BCUT2D eigenvalue weighted by Gasteiger charge is 2.17. The Hall–Kier alpha value is -2.79. The average Bonchev–Trinajstić information content (AvgIpc) is 2.61. The molecule has 0 unspecified atom stereocenters. The molecule has 0 saturated heterocycles. The number of aromatic nitrogens is 1. The molecule has 25 heavy (non-hydrogen) atoms. The molecule has 0 aliphatic carbocycles. The summed E-state index contributed by atoms with van der Waals surface area (Å²) >= 11 is 0. The van der Waals surface area contributed by atoms with E-state index < -0.39 is 10.0 Å². The first-order valence-electron chi connectivity index (χ1n) is 7.87. The third-order valence-corrected chi connectivity index (χ3v) is 5.00. The second kappa shape index (κ2) is 6.99. The number of hydrogen-bond donors (Lipinski definition) is 0. The highest BCUT2D eigenvalue weighted by molar-refractivity contribution is 7.90. The predicted molar refractivity (Wildman–Crippen MR) is 99.4 cm³/mol. The maximum Gasteiger partial charge on any atom is 0.282 e. The highest BCUT2D eigenvalue weighted by atomic mass is 32.2. The molecular weight excluding hydrogens is 332 g/mol. The van der Waals surface area contributed by atoms with Crippen molar-refractivity contribution in [2.75, 3.05) is 0 Å². The number of benzene rings is 2. The van der Waals surface area contributed by atoms with Gasteiger partial charge in [0.2, 0.25) is 0 Å². The van der Waals surface area contributed by atoms with Crippen LogP contribution >= 0.6 is 0 Å². The number of pyridine rings is 1. The van der Waals surface area contributed by atoms with Gasteiger partial charge in [0.25, 0.3) is 10.0 Å². The minimum absolute atomic E-state index is 0.166. The fourth-order valence-corrected chi connectivity index (χ4v) is 3.43. The maximum absolute atomic E-state index is 12.8. The quantitative estimate of drug-likeness (QED) is 0.670. The van der Waals surface area contributed by atoms with E-state index in [1.165, 1.54) is 0 Å². The van der Waals surface area contributed by atoms with Crippen molar-refractivity contribution in [3.63, 3.8) is 0 Å². The molecule has 5 heteroatoms. The molecule has 0 radical (unpaired) electrons. The zero-order valence-electron chi connectivity index (χ0n) is 14.0. The van der Waals surface area contributed by atoms with Crippen molar-refractivity contribution in [3.05, 3.63) is 95.3 Å². The molecular formula is C20H18N2O2S. The number of hydrogen-bond acceptors (Lipinski definition) is 3. The summed E-state index contributed by atoms with van der Waals surface area (Å²) in [6.07, 6.45) is 0. The van der Waals surface area contributed by atoms with Crippen molar-refractivity contribution in [2.45, 2.75) is 18.7 Å². The van der Waals surface area contributed by atoms with E-state index >= 15 is 0 Å². The summed E-state index contributed by atoms with van der Waals surface area (Å²) in [6.45, 7) is 3.77. The first-order valence-corrected chi connectivity index (χ1v) is 9.31. The van der Waals surface area contributed by atoms with Gasteiger partial charge in [0.15, 0.2) is 0 Å². The monoisotopic (exact) mass is 350 g/mol. The lowest BCUT2D eigenvalue weighted by molar-refractivity contribution is 0.598. The van der Waals surface area contributed by atoms with E-state index in [-0.39, 0.29) is 4.90 Å². The SMILES string of the molecule is Cc1ccc(S(=O)(=O)/N=C(/c2ccccc2)c2cccc(C)n2)cc1. The summed E-state index contributed by atoms with van der Waals surface area (Å²) < 4.78 is 29.7. The lowest BCUT2D eigenvalue weighted by Gasteiger charge is -2.08. The Morgan fingerprint density at radius 2 is 1.52 bits per heavy atom. The maximum atomic E-state index is 12.8. The van der Waals surface area contributed by atoms with Gasteiger partial charge in [-0.25, -0.2) is 0 Å². The molecule has 0 aliphatic heterocycles. The normalized spacial score (nSPS) is 12.2. The number of aryl methyl sites for hydroxylation is 2. The van der Waals surface area contributed by atoms with Crippen LogP contribution in [0.15, 0.2) is 82.1 Å². The van der Waals surface area contributed by atoms with Crippen molar-refractivity contribution < 1.29 is 8.42 Å². The molecule has 3 aromatic rings. The molecule has 0 N–H and O–H groups in total. The van der Waals surface area contributed by atoms with Crippen LogP contribution in [0.25, 0.3) is 0 Å². The van der Waals surface area contributed by atoms with Gasteiger partial charge >= 0.3 is 0 Å². The molecule has 3 rings (SSSR count). The van der Waals surface area contributed by atoms with Gasteiger partial charge in [-0.2, -0.15) is 12.8 Å². The van der Waals surface area contributed by atoms with Gasteiger partial charge in [-0.3, -0.25) is 4.98 Å². The Morgan fingerprint density at radius 3 is 2.16 bits per heavy atom. The molecule has 0 atom stereocenters. The van der Waals surface area contributed by atoms with E-state index in [0.29, 0.717) is 17.0 Å². The molecule has 0 spiro atoms. The second-order valence-corrected chi connectivity index (χ2v) is 7.36. The molecule has 0 fully saturated rings. The summed E-state index contributed by atoms with van der Waals surface area (Å²) in [4.78, 5) is 4.61. The van der Waals surface area contributed by atoms with Crippen LogP contribution in [0.2, 0.25) is 0 Å². The predicted octanol–water partition coefficient (Wildman–Crippen LogP) is 3.92. The van der Waals surface area contributed by atoms with Gasteiger partial charge in [-0.1, -0.05) is 54.1 Å². The second-order valence-electron chi connectivity index (χ2n) is 5.76. The van der Waals surface area contributed by atoms with Crippen molar-refractivity contribution >= 4 is 15.7 Å². The lowest BCUT2D eigenvalue weighted by atomic mass is 10.1. The minimum Gasteiger partial charge on any atom is -0.251 e. The van der Waals surface area contributed by atoms with Gasteiger partial charge < -0.3 is 0 Å². The van der Waals surface area contributed by atoms with Crippen molar-refractivity contribution in [2.24, 2.45) is 4.40 Å². The van der Waals surface area contributed by atoms with Crippen molar-refractivity contribution in [1.29, 1.82) is 0 Å². The Balaban J connectivity index is 2.17. The van der Waals surface area contributed by atoms with E-state index in [1.54, 1.807) is 30.3 Å². The Kier molecular flexibility index (Phi) is 4.76. The summed E-state index contributed by atoms with van der Waals surface area (Å²) in [5, 5.41) is 0. The Labute approximate surface area is 148 Å². The first kappa shape index (κ1) is 17.0. The standard InChI is InChI=1S/C20H18N2O2S/c1-15-11-13-18(14-12-15)25(23,24)22-20(17-8-4-3-5-9-17)19-10-6-7-16(2)21-19/h3-14H,1-2H3/b22-20-. The summed E-state index contributed by atoms with van der Waals surface area (Å²) in [5.41, 5.74) is 3.36. The van der Waals surface area contributed by atoms with Crippen LogP contribution in [0.3, 0.4) is 0 Å². The number of sulfonamides is 1. The average molecular weight is 350 g/mol. The van der Waals surface area contributed by atoms with E-state index in [0.717, 1.165) is 11.3 Å². The zero-order valence-corrected chi connectivity index (χ0v) is 14.9. The molecule has 1 heterocycles. The van der Waals surface area contributed by atoms with Crippen molar-refractivity contribution in [1.82, 2.24) is 4.98 Å². The van der Waals surface area contributed by atoms with Crippen LogP contribution in [-0.2, 0) is 10.0 Å². The minimum atomic E-state index is -3.84. The summed E-state index contributed by atoms with van der Waals surface area (Å²) in [6, 6.07) is 21.4. The van der Waals surface area contributed by atoms with Gasteiger partial charge in [0, 0.05) is 11.3 Å². The zero-order chi connectivity index (χ0) is 17.9. The first-order chi connectivity index (χ1) is 12.0. The van der Waals surface area contributed by atoms with Crippen LogP contribution in [0.4, 0.5) is 0 Å². The van der Waals surface area contributed by atoms with E-state index in [4.69, 9.17) is 0 Å². The van der Waals surface area contributed by atoms with E-state index in [2.05, 4.69) is 9.38 Å². The molecule has 4 nitrogen and oxygen atoms in total. The van der Waals surface area contributed by atoms with E-state index in [9.17, 15) is 8.42 Å².